The molecule has 2 aromatic carbocycles. The maximum Gasteiger partial charge on any atom is 0.416 e. The highest BCUT2D eigenvalue weighted by atomic mass is 32.2. The molecule has 1 N–H and O–H groups in total. The molecule has 0 atom stereocenters. The Morgan fingerprint density at radius 2 is 1.48 bits per heavy atom. The molecule has 0 radical (unpaired) electrons. The minimum atomic E-state index is -4.60. The molecule has 5 nitrogen and oxygen atoms in total. The minimum Gasteiger partial charge on any atom is -0.280 e. The van der Waals surface area contributed by atoms with E-state index >= 15 is 0 Å². The average Bonchev–Trinajstić information content (AvgIpc) is 2.54. The molecule has 0 aliphatic heterocycles. The van der Waals surface area contributed by atoms with Gasteiger partial charge in [-0.3, -0.25) is 4.72 Å². The molecule has 10 heteroatoms. The van der Waals surface area contributed by atoms with Crippen LogP contribution in [-0.2, 0) is 26.0 Å². The van der Waals surface area contributed by atoms with Gasteiger partial charge in [0.1, 0.15) is 0 Å². The molecule has 0 aliphatic carbocycles. The van der Waals surface area contributed by atoms with E-state index in [-0.39, 0.29) is 21.2 Å². The fourth-order valence-corrected chi connectivity index (χ4v) is 3.90. The summed E-state index contributed by atoms with van der Waals surface area (Å²) in [5.74, 6) is -0.137. The third-order valence-electron chi connectivity index (χ3n) is 3.32. The number of halogens is 3. The van der Waals surface area contributed by atoms with E-state index in [0.717, 1.165) is 36.4 Å². The maximum atomic E-state index is 12.7. The summed E-state index contributed by atoms with van der Waals surface area (Å²) >= 11 is 0. The van der Waals surface area contributed by atoms with Crippen LogP contribution >= 0.6 is 0 Å². The first-order valence-corrected chi connectivity index (χ1v) is 10.1. The predicted molar refractivity (Wildman–Crippen MR) is 86.4 cm³/mol. The van der Waals surface area contributed by atoms with E-state index in [2.05, 4.69) is 0 Å². The number of nitrogens with one attached hydrogen (secondary N) is 1. The number of hydrogen-bond donors (Lipinski definition) is 1. The number of hydrogen-bond acceptors (Lipinski definition) is 4. The molecule has 2 rings (SSSR count). The van der Waals surface area contributed by atoms with Gasteiger partial charge in [-0.25, -0.2) is 16.8 Å². The van der Waals surface area contributed by atoms with Crippen LogP contribution in [0.2, 0.25) is 0 Å². The lowest BCUT2D eigenvalue weighted by atomic mass is 10.2. The molecule has 0 bridgehead atoms. The Kier molecular flexibility index (Phi) is 5.14. The highest BCUT2D eigenvalue weighted by Crippen LogP contribution is 2.31. The summed E-state index contributed by atoms with van der Waals surface area (Å²) in [4.78, 5) is -0.298. The number of sulfone groups is 1. The van der Waals surface area contributed by atoms with Gasteiger partial charge in [0.2, 0.25) is 0 Å². The Morgan fingerprint density at radius 1 is 0.920 bits per heavy atom. The standard InChI is InChI=1S/C15H14F3NO4S2/c1-2-24(20,21)13-6-8-14(9-7-13)25(22,23)19-12-5-3-4-11(10-12)15(16,17)18/h3-10,19H,2H2,1H3. The highest BCUT2D eigenvalue weighted by Gasteiger charge is 2.30. The van der Waals surface area contributed by atoms with E-state index in [0.29, 0.717) is 6.07 Å². The van der Waals surface area contributed by atoms with Gasteiger partial charge in [0, 0.05) is 5.69 Å². The van der Waals surface area contributed by atoms with Gasteiger partial charge in [-0.05, 0) is 42.5 Å². The quantitative estimate of drug-likeness (QED) is 0.845. The number of alkyl halides is 3. The fourth-order valence-electron chi connectivity index (χ4n) is 1.97. The second-order valence-corrected chi connectivity index (χ2v) is 9.02. The van der Waals surface area contributed by atoms with Crippen molar-refractivity contribution >= 4 is 25.5 Å². The summed E-state index contributed by atoms with van der Waals surface area (Å²) < 4.78 is 88.0. The van der Waals surface area contributed by atoms with Crippen molar-refractivity contribution < 1.29 is 30.0 Å². The van der Waals surface area contributed by atoms with Crippen LogP contribution in [0.25, 0.3) is 0 Å². The topological polar surface area (TPSA) is 80.3 Å². The van der Waals surface area contributed by atoms with Gasteiger partial charge in [0.05, 0.1) is 21.1 Å². The number of benzene rings is 2. The van der Waals surface area contributed by atoms with Crippen LogP contribution < -0.4 is 4.72 Å². The number of anilines is 1. The smallest absolute Gasteiger partial charge is 0.280 e. The van der Waals surface area contributed by atoms with Gasteiger partial charge >= 0.3 is 6.18 Å². The molecule has 0 unspecified atom stereocenters. The van der Waals surface area contributed by atoms with Crippen LogP contribution in [0.1, 0.15) is 12.5 Å². The molecule has 0 aliphatic rings. The summed E-state index contributed by atoms with van der Waals surface area (Å²) in [6.07, 6.45) is -4.60. The molecular weight excluding hydrogens is 379 g/mol. The molecule has 0 aromatic heterocycles. The number of sulfonamides is 1. The summed E-state index contributed by atoms with van der Waals surface area (Å²) in [6, 6.07) is 8.20. The van der Waals surface area contributed by atoms with Crippen LogP contribution in [-0.4, -0.2) is 22.6 Å². The second-order valence-electron chi connectivity index (χ2n) is 5.06. The lowest BCUT2D eigenvalue weighted by Gasteiger charge is -2.11. The molecule has 25 heavy (non-hydrogen) atoms. The zero-order chi connectivity index (χ0) is 18.9. The first-order chi connectivity index (χ1) is 11.5. The van der Waals surface area contributed by atoms with Crippen molar-refractivity contribution in [1.29, 1.82) is 0 Å². The van der Waals surface area contributed by atoms with Gasteiger partial charge in [-0.1, -0.05) is 13.0 Å². The van der Waals surface area contributed by atoms with Gasteiger partial charge in [0.15, 0.2) is 9.84 Å². The van der Waals surface area contributed by atoms with Crippen LogP contribution in [0.4, 0.5) is 18.9 Å². The molecule has 136 valence electrons. The van der Waals surface area contributed by atoms with Gasteiger partial charge < -0.3 is 0 Å². The Bertz CT molecular complexity index is 967. The molecule has 0 saturated carbocycles. The zero-order valence-corrected chi connectivity index (χ0v) is 14.5. The monoisotopic (exact) mass is 393 g/mol. The first kappa shape index (κ1) is 19.3. The zero-order valence-electron chi connectivity index (χ0n) is 12.9. The second kappa shape index (κ2) is 6.68. The highest BCUT2D eigenvalue weighted by molar-refractivity contribution is 7.92. The van der Waals surface area contributed by atoms with E-state index in [1.165, 1.54) is 13.0 Å². The van der Waals surface area contributed by atoms with E-state index in [4.69, 9.17) is 0 Å². The average molecular weight is 393 g/mol. The molecule has 0 heterocycles. The van der Waals surface area contributed by atoms with Crippen LogP contribution in [0.15, 0.2) is 58.3 Å². The normalized spacial score (nSPS) is 12.8. The predicted octanol–water partition coefficient (Wildman–Crippen LogP) is 3.30. The van der Waals surface area contributed by atoms with Crippen molar-refractivity contribution in [2.24, 2.45) is 0 Å². The Balaban J connectivity index is 2.31. The molecule has 0 spiro atoms. The fraction of sp³-hybridized carbons (Fsp3) is 0.200. The SMILES string of the molecule is CCS(=O)(=O)c1ccc(S(=O)(=O)Nc2cccc(C(F)(F)F)c2)cc1. The molecule has 0 saturated heterocycles. The Labute approximate surface area is 143 Å². The van der Waals surface area contributed by atoms with E-state index in [9.17, 15) is 30.0 Å². The third kappa shape index (κ3) is 4.51. The summed E-state index contributed by atoms with van der Waals surface area (Å²) in [6.45, 7) is 1.45. The van der Waals surface area contributed by atoms with Gasteiger partial charge in [0.25, 0.3) is 10.0 Å². The van der Waals surface area contributed by atoms with Crippen molar-refractivity contribution in [3.63, 3.8) is 0 Å². The van der Waals surface area contributed by atoms with E-state index < -0.39 is 31.6 Å². The van der Waals surface area contributed by atoms with Crippen molar-refractivity contribution in [3.05, 3.63) is 54.1 Å². The van der Waals surface area contributed by atoms with Crippen molar-refractivity contribution in [3.8, 4) is 0 Å². The molecule has 0 fully saturated rings. The Hall–Kier alpha value is -2.07. The van der Waals surface area contributed by atoms with Crippen LogP contribution in [0.3, 0.4) is 0 Å². The van der Waals surface area contributed by atoms with Crippen LogP contribution in [0.5, 0.6) is 0 Å². The van der Waals surface area contributed by atoms with E-state index in [1.807, 2.05) is 4.72 Å². The summed E-state index contributed by atoms with van der Waals surface area (Å²) in [5, 5.41) is 0. The van der Waals surface area contributed by atoms with Gasteiger partial charge in [-0.2, -0.15) is 13.2 Å². The lowest BCUT2D eigenvalue weighted by Crippen LogP contribution is -2.14. The van der Waals surface area contributed by atoms with Crippen molar-refractivity contribution in [1.82, 2.24) is 0 Å². The lowest BCUT2D eigenvalue weighted by molar-refractivity contribution is -0.137. The van der Waals surface area contributed by atoms with Gasteiger partial charge in [-0.15, -0.1) is 0 Å². The largest absolute Gasteiger partial charge is 0.416 e. The summed E-state index contributed by atoms with van der Waals surface area (Å²) in [5.41, 5.74) is -1.24. The van der Waals surface area contributed by atoms with Crippen molar-refractivity contribution in [2.75, 3.05) is 10.5 Å². The minimum absolute atomic E-state index is 0.0342. The summed E-state index contributed by atoms with van der Waals surface area (Å²) in [7, 11) is -7.64. The third-order valence-corrected chi connectivity index (χ3v) is 6.46. The van der Waals surface area contributed by atoms with Crippen LogP contribution in [0, 0.1) is 0 Å². The molecule has 2 aromatic rings. The molecular formula is C15H14F3NO4S2. The first-order valence-electron chi connectivity index (χ1n) is 6.98. The van der Waals surface area contributed by atoms with Crippen molar-refractivity contribution in [2.45, 2.75) is 22.9 Å². The molecule has 0 amide bonds. The van der Waals surface area contributed by atoms with E-state index in [1.54, 1.807) is 0 Å². The maximum absolute atomic E-state index is 12.7. The number of rotatable bonds is 5. The Morgan fingerprint density at radius 3 is 2.00 bits per heavy atom.